The average Bonchev–Trinajstić information content (AvgIpc) is 2.48. The van der Waals surface area contributed by atoms with Crippen molar-refractivity contribution in [3.8, 4) is 22.6 Å². The molecule has 0 atom stereocenters. The lowest BCUT2D eigenvalue weighted by atomic mass is 10.0. The summed E-state index contributed by atoms with van der Waals surface area (Å²) in [7, 11) is 3.12. The van der Waals surface area contributed by atoms with Crippen molar-refractivity contribution in [2.75, 3.05) is 14.2 Å². The first-order valence-corrected chi connectivity index (χ1v) is 6.39. The fraction of sp³-hybridized carbons (Fsp3) is 0.200. The maximum absolute atomic E-state index is 13.2. The first-order valence-electron chi connectivity index (χ1n) is 6.01. The maximum Gasteiger partial charge on any atom is 0.165 e. The Morgan fingerprint density at radius 1 is 1.10 bits per heavy atom. The fourth-order valence-corrected chi connectivity index (χ4v) is 2.22. The molecule has 2 N–H and O–H groups in total. The fourth-order valence-electron chi connectivity index (χ4n) is 2.04. The summed E-state index contributed by atoms with van der Waals surface area (Å²) in [5.41, 5.74) is 8.16. The van der Waals surface area contributed by atoms with Crippen LogP contribution in [0.5, 0.6) is 11.5 Å². The molecular weight excluding hydrogens is 281 g/mol. The Bertz CT molecular complexity index is 606. The second-order valence-corrected chi connectivity index (χ2v) is 4.61. The molecule has 2 aromatic rings. The molecule has 20 heavy (non-hydrogen) atoms. The van der Waals surface area contributed by atoms with Gasteiger partial charge in [0.2, 0.25) is 0 Å². The number of methoxy groups -OCH3 is 2. The van der Waals surface area contributed by atoms with Crippen LogP contribution in [-0.2, 0) is 6.54 Å². The third-order valence-electron chi connectivity index (χ3n) is 3.03. The van der Waals surface area contributed by atoms with Crippen LogP contribution in [0.25, 0.3) is 11.1 Å². The van der Waals surface area contributed by atoms with E-state index in [0.717, 1.165) is 16.7 Å². The lowest BCUT2D eigenvalue weighted by Gasteiger charge is -2.14. The summed E-state index contributed by atoms with van der Waals surface area (Å²) < 4.78 is 23.8. The van der Waals surface area contributed by atoms with Crippen molar-refractivity contribution >= 4 is 11.6 Å². The van der Waals surface area contributed by atoms with E-state index >= 15 is 0 Å². The maximum atomic E-state index is 13.2. The van der Waals surface area contributed by atoms with E-state index in [-0.39, 0.29) is 5.02 Å². The molecule has 0 aliphatic heterocycles. The molecular formula is C15H15ClFNO2. The smallest absolute Gasteiger partial charge is 0.165 e. The minimum absolute atomic E-state index is 0.0755. The van der Waals surface area contributed by atoms with E-state index in [1.165, 1.54) is 6.07 Å². The molecule has 0 saturated heterocycles. The zero-order chi connectivity index (χ0) is 14.7. The largest absolute Gasteiger partial charge is 0.493 e. The Morgan fingerprint density at radius 2 is 1.85 bits per heavy atom. The van der Waals surface area contributed by atoms with E-state index in [0.29, 0.717) is 18.0 Å². The van der Waals surface area contributed by atoms with Gasteiger partial charge in [-0.3, -0.25) is 0 Å². The van der Waals surface area contributed by atoms with Gasteiger partial charge in [0, 0.05) is 12.1 Å². The minimum atomic E-state index is -0.449. The molecule has 0 heterocycles. The normalized spacial score (nSPS) is 10.4. The summed E-state index contributed by atoms with van der Waals surface area (Å²) in [6.07, 6.45) is 0. The number of ether oxygens (including phenoxy) is 2. The second kappa shape index (κ2) is 6.11. The van der Waals surface area contributed by atoms with E-state index in [4.69, 9.17) is 26.8 Å². The molecule has 0 unspecified atom stereocenters. The molecule has 0 amide bonds. The summed E-state index contributed by atoms with van der Waals surface area (Å²) >= 11 is 5.81. The first-order chi connectivity index (χ1) is 9.60. The second-order valence-electron chi connectivity index (χ2n) is 4.20. The summed E-state index contributed by atoms with van der Waals surface area (Å²) in [6, 6.07) is 8.24. The van der Waals surface area contributed by atoms with Gasteiger partial charge >= 0.3 is 0 Å². The first kappa shape index (κ1) is 14.6. The zero-order valence-electron chi connectivity index (χ0n) is 11.2. The van der Waals surface area contributed by atoms with Crippen LogP contribution in [-0.4, -0.2) is 14.2 Å². The van der Waals surface area contributed by atoms with Crippen LogP contribution in [0, 0.1) is 5.82 Å². The van der Waals surface area contributed by atoms with Gasteiger partial charge in [-0.2, -0.15) is 0 Å². The predicted octanol–water partition coefficient (Wildman–Crippen LogP) is 3.62. The van der Waals surface area contributed by atoms with Crippen LogP contribution in [0.3, 0.4) is 0 Å². The van der Waals surface area contributed by atoms with Gasteiger partial charge in [-0.1, -0.05) is 17.7 Å². The number of rotatable bonds is 4. The number of hydrogen-bond donors (Lipinski definition) is 1. The third kappa shape index (κ3) is 2.71. The molecule has 0 aromatic heterocycles. The highest BCUT2D eigenvalue weighted by atomic mass is 35.5. The molecule has 3 nitrogen and oxygen atoms in total. The van der Waals surface area contributed by atoms with Crippen LogP contribution in [0.1, 0.15) is 5.56 Å². The van der Waals surface area contributed by atoms with Crippen molar-refractivity contribution < 1.29 is 13.9 Å². The van der Waals surface area contributed by atoms with E-state index in [1.807, 2.05) is 12.1 Å². The van der Waals surface area contributed by atoms with Crippen LogP contribution in [0.2, 0.25) is 5.02 Å². The van der Waals surface area contributed by atoms with E-state index < -0.39 is 5.82 Å². The van der Waals surface area contributed by atoms with E-state index in [2.05, 4.69) is 0 Å². The van der Waals surface area contributed by atoms with Crippen LogP contribution < -0.4 is 15.2 Å². The molecule has 0 spiro atoms. The van der Waals surface area contributed by atoms with Gasteiger partial charge in [0.1, 0.15) is 5.82 Å². The van der Waals surface area contributed by atoms with Crippen molar-refractivity contribution in [2.24, 2.45) is 5.73 Å². The van der Waals surface area contributed by atoms with Crippen molar-refractivity contribution in [3.63, 3.8) is 0 Å². The van der Waals surface area contributed by atoms with Gasteiger partial charge in [-0.15, -0.1) is 0 Å². The third-order valence-corrected chi connectivity index (χ3v) is 3.32. The van der Waals surface area contributed by atoms with Crippen molar-refractivity contribution in [2.45, 2.75) is 6.54 Å². The molecule has 0 aliphatic rings. The summed E-state index contributed by atoms with van der Waals surface area (Å²) in [5.74, 6) is 0.729. The highest BCUT2D eigenvalue weighted by Crippen LogP contribution is 2.36. The molecule has 5 heteroatoms. The number of hydrogen-bond acceptors (Lipinski definition) is 3. The van der Waals surface area contributed by atoms with E-state index in [1.54, 1.807) is 26.4 Å². The van der Waals surface area contributed by atoms with Crippen molar-refractivity contribution in [1.29, 1.82) is 0 Å². The molecule has 0 aliphatic carbocycles. The predicted molar refractivity (Wildman–Crippen MR) is 77.8 cm³/mol. The highest BCUT2D eigenvalue weighted by Gasteiger charge is 2.13. The molecule has 0 radical (unpaired) electrons. The van der Waals surface area contributed by atoms with Crippen molar-refractivity contribution in [3.05, 3.63) is 46.7 Å². The Balaban J connectivity index is 2.59. The Labute approximate surface area is 122 Å². The molecule has 0 bridgehead atoms. The molecule has 0 fully saturated rings. The highest BCUT2D eigenvalue weighted by molar-refractivity contribution is 6.31. The quantitative estimate of drug-likeness (QED) is 0.937. The summed E-state index contributed by atoms with van der Waals surface area (Å²) in [4.78, 5) is 0. The van der Waals surface area contributed by atoms with Crippen LogP contribution in [0.4, 0.5) is 4.39 Å². The molecule has 2 aromatic carbocycles. The summed E-state index contributed by atoms with van der Waals surface area (Å²) in [6.45, 7) is 0.308. The zero-order valence-corrected chi connectivity index (χ0v) is 12.0. The van der Waals surface area contributed by atoms with Gasteiger partial charge < -0.3 is 15.2 Å². The Kier molecular flexibility index (Phi) is 4.47. The Morgan fingerprint density at radius 3 is 2.40 bits per heavy atom. The monoisotopic (exact) mass is 295 g/mol. The number of nitrogens with two attached hydrogens (primary N) is 1. The number of halogens is 2. The van der Waals surface area contributed by atoms with Crippen molar-refractivity contribution in [1.82, 2.24) is 0 Å². The standard InChI is InChI=1S/C15H15ClFNO2/c1-19-14-7-10(5-11(8-18)15(14)20-2)9-3-4-13(17)12(16)6-9/h3-7H,8,18H2,1-2H3. The molecule has 2 rings (SSSR count). The summed E-state index contributed by atoms with van der Waals surface area (Å²) in [5, 5.41) is 0.0755. The van der Waals surface area contributed by atoms with Gasteiger partial charge in [0.15, 0.2) is 11.5 Å². The average molecular weight is 296 g/mol. The van der Waals surface area contributed by atoms with Gasteiger partial charge in [0.25, 0.3) is 0 Å². The minimum Gasteiger partial charge on any atom is -0.493 e. The van der Waals surface area contributed by atoms with Crippen LogP contribution >= 0.6 is 11.6 Å². The lowest BCUT2D eigenvalue weighted by molar-refractivity contribution is 0.352. The molecule has 106 valence electrons. The van der Waals surface area contributed by atoms with Crippen LogP contribution in [0.15, 0.2) is 30.3 Å². The van der Waals surface area contributed by atoms with E-state index in [9.17, 15) is 4.39 Å². The number of benzene rings is 2. The molecule has 0 saturated carbocycles. The van der Waals surface area contributed by atoms with Gasteiger partial charge in [-0.25, -0.2) is 4.39 Å². The topological polar surface area (TPSA) is 44.5 Å². The SMILES string of the molecule is COc1cc(-c2ccc(F)c(Cl)c2)cc(CN)c1OC. The lowest BCUT2D eigenvalue weighted by Crippen LogP contribution is -2.02. The van der Waals surface area contributed by atoms with Gasteiger partial charge in [0.05, 0.1) is 19.2 Å². The van der Waals surface area contributed by atoms with Gasteiger partial charge in [-0.05, 0) is 35.4 Å². The Hall–Kier alpha value is -1.78.